The van der Waals surface area contributed by atoms with Gasteiger partial charge in [0.05, 0.1) is 30.5 Å². The minimum Gasteiger partial charge on any atom is -0.454 e. The van der Waals surface area contributed by atoms with Gasteiger partial charge in [0.25, 0.3) is 5.91 Å². The van der Waals surface area contributed by atoms with Crippen molar-refractivity contribution in [1.29, 1.82) is 0 Å². The molecule has 3 N–H and O–H groups in total. The molecule has 0 spiro atoms. The molecule has 0 radical (unpaired) electrons. The van der Waals surface area contributed by atoms with Gasteiger partial charge in [0.1, 0.15) is 23.1 Å². The zero-order valence-electron chi connectivity index (χ0n) is 13.6. The van der Waals surface area contributed by atoms with Crippen LogP contribution in [0.25, 0.3) is 0 Å². The average Bonchev–Trinajstić information content (AvgIpc) is 2.63. The molecule has 3 rings (SSSR count). The highest BCUT2D eigenvalue weighted by Crippen LogP contribution is 2.26. The molecule has 0 saturated heterocycles. The van der Waals surface area contributed by atoms with Crippen LogP contribution in [0.3, 0.4) is 0 Å². The number of rotatable bonds is 5. The van der Waals surface area contributed by atoms with Gasteiger partial charge < -0.3 is 15.8 Å². The Morgan fingerprint density at radius 1 is 1.19 bits per heavy atom. The first-order valence-corrected chi connectivity index (χ1v) is 7.52. The number of carbonyl (C=O) groups excluding carboxylic acids is 1. The third-order valence-corrected chi connectivity index (χ3v) is 3.16. The molecule has 0 unspecified atom stereocenters. The molecule has 0 aliphatic rings. The van der Waals surface area contributed by atoms with Gasteiger partial charge >= 0.3 is 0 Å². The smallest absolute Gasteiger partial charge is 0.260 e. The molecular formula is C17H12F2N6O2. The minimum absolute atomic E-state index is 0.00308. The first-order chi connectivity index (χ1) is 13.0. The molecule has 0 bridgehead atoms. The fraction of sp³-hybridized carbons (Fsp3) is 0. The topological polar surface area (TPSA) is 115 Å². The molecule has 136 valence electrons. The number of hydrogen-bond donors (Lipinski definition) is 2. The van der Waals surface area contributed by atoms with Crippen molar-refractivity contribution in [3.63, 3.8) is 0 Å². The maximum absolute atomic E-state index is 13.2. The number of amides is 1. The normalized spacial score (nSPS) is 10.7. The number of nitrogens with two attached hydrogens (primary N) is 1. The molecule has 8 nitrogen and oxygen atoms in total. The van der Waals surface area contributed by atoms with Gasteiger partial charge in [-0.25, -0.2) is 19.4 Å². The predicted molar refractivity (Wildman–Crippen MR) is 93.0 cm³/mol. The summed E-state index contributed by atoms with van der Waals surface area (Å²) in [6, 6.07) is 6.40. The summed E-state index contributed by atoms with van der Waals surface area (Å²) in [6.07, 6.45) is 4.57. The third-order valence-electron chi connectivity index (χ3n) is 3.16. The lowest BCUT2D eigenvalue weighted by molar-refractivity contribution is 0.102. The molecule has 0 aromatic carbocycles. The zero-order chi connectivity index (χ0) is 19.2. The number of nitrogens with zero attached hydrogens (tertiary/aromatic N) is 4. The maximum Gasteiger partial charge on any atom is 0.260 e. The van der Waals surface area contributed by atoms with Crippen molar-refractivity contribution in [2.75, 3.05) is 5.32 Å². The molecule has 1 amide bonds. The van der Waals surface area contributed by atoms with E-state index in [1.54, 1.807) is 0 Å². The molecule has 0 saturated carbocycles. The van der Waals surface area contributed by atoms with Gasteiger partial charge in [0.15, 0.2) is 5.82 Å². The highest BCUT2D eigenvalue weighted by molar-refractivity contribution is 6.07. The van der Waals surface area contributed by atoms with Crippen LogP contribution in [-0.2, 0) is 0 Å². The summed E-state index contributed by atoms with van der Waals surface area (Å²) in [6.45, 7) is 0. The van der Waals surface area contributed by atoms with Crippen molar-refractivity contribution < 1.29 is 18.3 Å². The van der Waals surface area contributed by atoms with Crippen LogP contribution in [0.5, 0.6) is 11.5 Å². The van der Waals surface area contributed by atoms with Crippen LogP contribution in [0.15, 0.2) is 53.9 Å². The second-order valence-electron chi connectivity index (χ2n) is 5.06. The van der Waals surface area contributed by atoms with Crippen LogP contribution in [0.1, 0.15) is 10.4 Å². The monoisotopic (exact) mass is 370 g/mol. The summed E-state index contributed by atoms with van der Waals surface area (Å²) in [4.78, 5) is 27.5. The summed E-state index contributed by atoms with van der Waals surface area (Å²) in [5.41, 5.74) is 5.26. The molecule has 3 aromatic rings. The van der Waals surface area contributed by atoms with Crippen LogP contribution >= 0.6 is 0 Å². The van der Waals surface area contributed by atoms with Crippen LogP contribution in [-0.4, -0.2) is 27.2 Å². The van der Waals surface area contributed by atoms with Crippen molar-refractivity contribution in [2.24, 2.45) is 10.7 Å². The van der Waals surface area contributed by atoms with E-state index < -0.39 is 17.7 Å². The molecule has 10 heteroatoms. The van der Waals surface area contributed by atoms with Crippen LogP contribution in [0.2, 0.25) is 0 Å². The Bertz CT molecular complexity index is 1010. The van der Waals surface area contributed by atoms with E-state index in [9.17, 15) is 13.6 Å². The van der Waals surface area contributed by atoms with Gasteiger partial charge in [-0.15, -0.1) is 0 Å². The predicted octanol–water partition coefficient (Wildman–Crippen LogP) is 2.81. The van der Waals surface area contributed by atoms with Gasteiger partial charge in [0.2, 0.25) is 5.95 Å². The Balaban J connectivity index is 1.90. The van der Waals surface area contributed by atoms with E-state index in [1.165, 1.54) is 30.6 Å². The Morgan fingerprint density at radius 3 is 2.74 bits per heavy atom. The average molecular weight is 370 g/mol. The summed E-state index contributed by atoms with van der Waals surface area (Å²) in [5.74, 6) is -1.73. The van der Waals surface area contributed by atoms with Gasteiger partial charge in [-0.2, -0.15) is 4.39 Å². The number of carbonyl (C=O) groups is 1. The van der Waals surface area contributed by atoms with Gasteiger partial charge in [0, 0.05) is 6.07 Å². The molecular weight excluding hydrogens is 358 g/mol. The van der Waals surface area contributed by atoms with Crippen molar-refractivity contribution in [2.45, 2.75) is 0 Å². The number of aromatic nitrogens is 3. The number of anilines is 1. The van der Waals surface area contributed by atoms with Gasteiger partial charge in [-0.05, 0) is 18.2 Å². The number of nitrogens with one attached hydrogen (secondary N) is 1. The quantitative estimate of drug-likeness (QED) is 0.405. The molecule has 3 heterocycles. The molecule has 27 heavy (non-hydrogen) atoms. The molecule has 0 atom stereocenters. The molecule has 0 aliphatic heterocycles. The van der Waals surface area contributed by atoms with Crippen molar-refractivity contribution in [1.82, 2.24) is 15.0 Å². The van der Waals surface area contributed by atoms with Gasteiger partial charge in [-0.3, -0.25) is 9.78 Å². The van der Waals surface area contributed by atoms with Gasteiger partial charge in [-0.1, -0.05) is 6.07 Å². The number of aliphatic imine (C=N–C) groups is 1. The third kappa shape index (κ3) is 4.57. The number of halogens is 2. The Morgan fingerprint density at radius 2 is 2.00 bits per heavy atom. The van der Waals surface area contributed by atoms with Crippen molar-refractivity contribution >= 4 is 23.9 Å². The van der Waals surface area contributed by atoms with E-state index in [-0.39, 0.29) is 28.7 Å². The van der Waals surface area contributed by atoms with Crippen LogP contribution in [0, 0.1) is 11.8 Å². The zero-order valence-corrected chi connectivity index (χ0v) is 13.6. The van der Waals surface area contributed by atoms with E-state index in [2.05, 4.69) is 25.3 Å². The highest BCUT2D eigenvalue weighted by Gasteiger charge is 2.16. The van der Waals surface area contributed by atoms with E-state index in [0.717, 1.165) is 24.7 Å². The Hall–Kier alpha value is -3.95. The SMILES string of the molecule is N/C=N\c1ncc(Oc2cncc(F)c2)cc1C(=O)Nc1cccc(F)n1. The fourth-order valence-corrected chi connectivity index (χ4v) is 2.08. The van der Waals surface area contributed by atoms with Crippen molar-refractivity contribution in [3.05, 3.63) is 66.3 Å². The fourth-order valence-electron chi connectivity index (χ4n) is 2.08. The van der Waals surface area contributed by atoms with E-state index >= 15 is 0 Å². The molecule has 0 fully saturated rings. The summed E-state index contributed by atoms with van der Waals surface area (Å²) < 4.78 is 31.9. The Kier molecular flexibility index (Phi) is 5.26. The van der Waals surface area contributed by atoms with Crippen molar-refractivity contribution in [3.8, 4) is 11.5 Å². The maximum atomic E-state index is 13.2. The second-order valence-corrected chi connectivity index (χ2v) is 5.06. The minimum atomic E-state index is -0.748. The largest absolute Gasteiger partial charge is 0.454 e. The number of hydrogen-bond acceptors (Lipinski definition) is 6. The Labute approximate surface area is 151 Å². The highest BCUT2D eigenvalue weighted by atomic mass is 19.1. The number of pyridine rings is 3. The summed E-state index contributed by atoms with van der Waals surface area (Å²) >= 11 is 0. The second kappa shape index (κ2) is 7.95. The van der Waals surface area contributed by atoms with E-state index in [0.29, 0.717) is 0 Å². The molecule has 0 aliphatic carbocycles. The van der Waals surface area contributed by atoms with Crippen LogP contribution in [0.4, 0.5) is 20.4 Å². The lowest BCUT2D eigenvalue weighted by Gasteiger charge is -2.09. The van der Waals surface area contributed by atoms with E-state index in [1.807, 2.05) is 0 Å². The molecule has 3 aromatic heterocycles. The first-order valence-electron chi connectivity index (χ1n) is 7.52. The summed E-state index contributed by atoms with van der Waals surface area (Å²) in [5, 5.41) is 2.43. The van der Waals surface area contributed by atoms with Crippen LogP contribution < -0.4 is 15.8 Å². The summed E-state index contributed by atoms with van der Waals surface area (Å²) in [7, 11) is 0. The number of ether oxygens (including phenoxy) is 1. The first kappa shape index (κ1) is 17.9. The van der Waals surface area contributed by atoms with E-state index in [4.69, 9.17) is 10.5 Å². The lowest BCUT2D eigenvalue weighted by Crippen LogP contribution is -2.14. The lowest BCUT2D eigenvalue weighted by atomic mass is 10.2. The standard InChI is InChI=1S/C17H12F2N6O2/c18-10-4-11(7-21-6-10)27-12-5-13(16(22-8-12)23-9-20)17(26)25-15-3-1-2-14(19)24-15/h1-9H,(H2,20,22,23)(H,24,25,26).